The Morgan fingerprint density at radius 1 is 0.778 bits per heavy atom. The van der Waals surface area contributed by atoms with Crippen molar-refractivity contribution in [2.75, 3.05) is 0 Å². The molecule has 106 valence electrons. The van der Waals surface area contributed by atoms with Crippen LogP contribution in [0.2, 0.25) is 0 Å². The number of rotatable bonds is 0. The molecule has 2 rings (SSSR count). The quantitative estimate of drug-likeness (QED) is 0.461. The van der Waals surface area contributed by atoms with Crippen molar-refractivity contribution in [1.29, 1.82) is 0 Å². The summed E-state index contributed by atoms with van der Waals surface area (Å²) in [6, 6.07) is 0. The molecule has 2 aliphatic rings. The number of halogens is 2. The van der Waals surface area contributed by atoms with E-state index in [0.717, 1.165) is 17.8 Å². The minimum absolute atomic E-state index is 0.815. The van der Waals surface area contributed by atoms with E-state index in [9.17, 15) is 0 Å². The average Bonchev–Trinajstić information content (AvgIpc) is 2.98. The van der Waals surface area contributed by atoms with E-state index in [1.807, 2.05) is 0 Å². The Bertz CT molecular complexity index is 142. The van der Waals surface area contributed by atoms with Gasteiger partial charge in [0.15, 0.2) is 0 Å². The molecule has 0 N–H and O–H groups in total. The topological polar surface area (TPSA) is 0 Å². The molecule has 2 aliphatic carbocycles. The zero-order valence-corrected chi connectivity index (χ0v) is 16.5. The van der Waals surface area contributed by atoms with Crippen molar-refractivity contribution in [3.8, 4) is 0 Å². The van der Waals surface area contributed by atoms with E-state index in [2.05, 4.69) is 34.6 Å². The van der Waals surface area contributed by atoms with Crippen molar-refractivity contribution in [1.82, 2.24) is 0 Å². The third kappa shape index (κ3) is 6.76. The van der Waals surface area contributed by atoms with Crippen molar-refractivity contribution in [3.63, 3.8) is 0 Å². The molecular weight excluding hydrogens is 342 g/mol. The van der Waals surface area contributed by atoms with Crippen LogP contribution in [0.25, 0.3) is 0 Å². The van der Waals surface area contributed by atoms with Crippen LogP contribution in [0.15, 0.2) is 0 Å². The van der Waals surface area contributed by atoms with Crippen molar-refractivity contribution < 1.29 is 20.8 Å². The number of hydrogen-bond acceptors (Lipinski definition) is 0. The van der Waals surface area contributed by atoms with Crippen LogP contribution in [0.4, 0.5) is 0 Å². The summed E-state index contributed by atoms with van der Waals surface area (Å²) in [4.78, 5) is 0. The summed E-state index contributed by atoms with van der Waals surface area (Å²) in [5, 5.41) is 0. The fourth-order valence-corrected chi connectivity index (χ4v) is 2.82. The predicted octanol–water partition coefficient (Wildman–Crippen LogP) is 6.42. The fourth-order valence-electron chi connectivity index (χ4n) is 2.82. The minimum atomic E-state index is -0.826. The summed E-state index contributed by atoms with van der Waals surface area (Å²) >= 11 is -0.826. The van der Waals surface area contributed by atoms with Crippen LogP contribution < -0.4 is 0 Å². The average molecular weight is 371 g/mol. The second kappa shape index (κ2) is 11.2. The second-order valence-corrected chi connectivity index (χ2v) is 9.37. The Labute approximate surface area is 133 Å². The first-order valence-corrected chi connectivity index (χ1v) is 13.4. The summed E-state index contributed by atoms with van der Waals surface area (Å²) in [6.45, 7) is 11.6. The number of hydrogen-bond donors (Lipinski definition) is 0. The van der Waals surface area contributed by atoms with Crippen LogP contribution in [0.5, 0.6) is 0 Å². The van der Waals surface area contributed by atoms with Gasteiger partial charge in [-0.25, -0.2) is 0 Å². The molecular formula is C15H28Cl2Zr. The van der Waals surface area contributed by atoms with Gasteiger partial charge < -0.3 is 0 Å². The molecule has 0 amide bonds. The molecule has 0 saturated heterocycles. The maximum absolute atomic E-state index is 4.93. The van der Waals surface area contributed by atoms with Gasteiger partial charge in [-0.05, 0) is 29.6 Å². The molecule has 2 fully saturated rings. The molecule has 18 heavy (non-hydrogen) atoms. The molecule has 0 aliphatic heterocycles. The van der Waals surface area contributed by atoms with Crippen LogP contribution in [0.1, 0.15) is 66.7 Å². The van der Waals surface area contributed by atoms with E-state index in [4.69, 9.17) is 17.0 Å². The van der Waals surface area contributed by atoms with Gasteiger partial charge in [-0.15, -0.1) is 0 Å². The monoisotopic (exact) mass is 368 g/mol. The van der Waals surface area contributed by atoms with Crippen molar-refractivity contribution in [2.24, 2.45) is 17.8 Å². The van der Waals surface area contributed by atoms with Gasteiger partial charge in [0, 0.05) is 0 Å². The second-order valence-electron chi connectivity index (χ2n) is 5.64. The van der Waals surface area contributed by atoms with Crippen LogP contribution in [0, 0.1) is 29.6 Å². The van der Waals surface area contributed by atoms with Crippen molar-refractivity contribution >= 4 is 17.0 Å². The molecule has 0 aromatic heterocycles. The van der Waals surface area contributed by atoms with Crippen LogP contribution in [0.3, 0.4) is 0 Å². The standard InChI is InChI=1S/C10H18.C5H10.2ClH.Zr/c1-6-7(2)9(4)10(5)8(6)3;1-2-4-5-3-1;;;/h6-8H,1-5H3;1-5H2;2*1H;/q;;;;+2/p-2. The molecule has 0 bridgehead atoms. The summed E-state index contributed by atoms with van der Waals surface area (Å²) < 4.78 is 0. The molecule has 2 atom stereocenters. The predicted molar refractivity (Wildman–Crippen MR) is 80.1 cm³/mol. The zero-order chi connectivity index (χ0) is 14.1. The Kier molecular flexibility index (Phi) is 12.1. The molecule has 0 nitrogen and oxygen atoms in total. The van der Waals surface area contributed by atoms with Gasteiger partial charge in [-0.1, -0.05) is 66.7 Å². The molecule has 2 radical (unpaired) electrons. The third-order valence-electron chi connectivity index (χ3n) is 4.82. The summed E-state index contributed by atoms with van der Waals surface area (Å²) in [7, 11) is 9.87. The normalized spacial score (nSPS) is 32.3. The van der Waals surface area contributed by atoms with E-state index in [-0.39, 0.29) is 0 Å². The van der Waals surface area contributed by atoms with E-state index in [1.54, 1.807) is 11.8 Å². The Morgan fingerprint density at radius 3 is 1.11 bits per heavy atom. The molecule has 0 aromatic carbocycles. The van der Waals surface area contributed by atoms with Crippen LogP contribution in [-0.2, 0) is 20.8 Å². The molecule has 2 unspecified atom stereocenters. The zero-order valence-electron chi connectivity index (χ0n) is 12.5. The van der Waals surface area contributed by atoms with E-state index in [1.165, 1.54) is 32.1 Å². The summed E-state index contributed by atoms with van der Waals surface area (Å²) in [5.74, 6) is 5.74. The first-order chi connectivity index (χ1) is 8.47. The van der Waals surface area contributed by atoms with Crippen molar-refractivity contribution in [3.05, 3.63) is 11.8 Å². The van der Waals surface area contributed by atoms with Crippen LogP contribution in [-0.4, -0.2) is 0 Å². The SMILES string of the molecule is C1CCCC1.C[C]1[C](C)C(C)C(C)C1C.[Cl][Zr][Cl]. The maximum atomic E-state index is 4.93. The Hall–Kier alpha value is 1.46. The first kappa shape index (κ1) is 19.5. The summed E-state index contributed by atoms with van der Waals surface area (Å²) in [5.41, 5.74) is 0. The van der Waals surface area contributed by atoms with E-state index < -0.39 is 20.8 Å². The van der Waals surface area contributed by atoms with Gasteiger partial charge >= 0.3 is 37.9 Å². The van der Waals surface area contributed by atoms with E-state index >= 15 is 0 Å². The Balaban J connectivity index is 0.000000301. The van der Waals surface area contributed by atoms with Gasteiger partial charge in [0.1, 0.15) is 0 Å². The fraction of sp³-hybridized carbons (Fsp3) is 0.867. The molecule has 0 aromatic rings. The third-order valence-corrected chi connectivity index (χ3v) is 4.82. The Morgan fingerprint density at radius 2 is 1.00 bits per heavy atom. The van der Waals surface area contributed by atoms with E-state index in [0.29, 0.717) is 0 Å². The molecule has 0 spiro atoms. The molecule has 3 heteroatoms. The van der Waals surface area contributed by atoms with Crippen LogP contribution >= 0.6 is 17.0 Å². The molecule has 0 heterocycles. The van der Waals surface area contributed by atoms with Gasteiger partial charge in [0.2, 0.25) is 0 Å². The first-order valence-electron chi connectivity index (χ1n) is 7.10. The summed E-state index contributed by atoms with van der Waals surface area (Å²) in [6.07, 6.45) is 7.50. The van der Waals surface area contributed by atoms with Gasteiger partial charge in [-0.3, -0.25) is 0 Å². The van der Waals surface area contributed by atoms with Gasteiger partial charge in [0.05, 0.1) is 0 Å². The van der Waals surface area contributed by atoms with Gasteiger partial charge in [0.25, 0.3) is 0 Å². The van der Waals surface area contributed by atoms with Gasteiger partial charge in [-0.2, -0.15) is 0 Å². The molecule has 2 saturated carbocycles. The van der Waals surface area contributed by atoms with Crippen molar-refractivity contribution in [2.45, 2.75) is 66.7 Å².